The molecule has 1 aromatic heterocycles. The van der Waals surface area contributed by atoms with Gasteiger partial charge in [-0.25, -0.2) is 13.4 Å². The van der Waals surface area contributed by atoms with Crippen LogP contribution in [0, 0.1) is 0 Å². The second kappa shape index (κ2) is 4.86. The van der Waals surface area contributed by atoms with E-state index in [1.165, 1.54) is 6.26 Å². The second-order valence-corrected chi connectivity index (χ2v) is 8.12. The molecule has 0 atom stereocenters. The molecule has 1 saturated heterocycles. The summed E-state index contributed by atoms with van der Waals surface area (Å²) in [5.74, 6) is 0.741. The van der Waals surface area contributed by atoms with Crippen molar-refractivity contribution in [3.63, 3.8) is 0 Å². The van der Waals surface area contributed by atoms with E-state index in [4.69, 9.17) is 16.3 Å². The van der Waals surface area contributed by atoms with Crippen LogP contribution in [0.5, 0.6) is 0 Å². The van der Waals surface area contributed by atoms with Gasteiger partial charge in [-0.2, -0.15) is 0 Å². The van der Waals surface area contributed by atoms with Crippen LogP contribution in [0.25, 0.3) is 0 Å². The van der Waals surface area contributed by atoms with Gasteiger partial charge in [0.15, 0.2) is 9.84 Å². The molecule has 0 amide bonds. The van der Waals surface area contributed by atoms with Crippen LogP contribution in [0.3, 0.4) is 0 Å². The molecule has 0 bridgehead atoms. The number of anilines is 1. The highest BCUT2D eigenvalue weighted by atomic mass is 35.5. The first-order chi connectivity index (χ1) is 9.42. The van der Waals surface area contributed by atoms with Gasteiger partial charge in [-0.05, 0) is 30.5 Å². The first-order valence-electron chi connectivity index (χ1n) is 6.63. The van der Waals surface area contributed by atoms with Crippen molar-refractivity contribution in [2.45, 2.75) is 17.6 Å². The number of aromatic nitrogens is 1. The van der Waals surface area contributed by atoms with E-state index in [9.17, 15) is 8.42 Å². The molecule has 0 N–H and O–H groups in total. The number of nitrogens with zero attached hydrogens (tertiary/aromatic N) is 2. The standard InChI is InChI=1S/C13H17ClN2O3S/c1-20(17,18)13(2-3-13)10-8-11(14)15-12(9-10)16-4-6-19-7-5-16/h8-9H,2-7H2,1H3. The Balaban J connectivity index is 1.99. The van der Waals surface area contributed by atoms with Gasteiger partial charge < -0.3 is 9.64 Å². The van der Waals surface area contributed by atoms with Crippen LogP contribution < -0.4 is 4.90 Å². The highest BCUT2D eigenvalue weighted by Gasteiger charge is 2.53. The minimum atomic E-state index is -3.14. The van der Waals surface area contributed by atoms with Crippen molar-refractivity contribution >= 4 is 27.3 Å². The lowest BCUT2D eigenvalue weighted by atomic mass is 10.1. The zero-order chi connectivity index (χ0) is 14.4. The SMILES string of the molecule is CS(=O)(=O)C1(c2cc(Cl)nc(N3CCOCC3)c2)CC1. The average Bonchev–Trinajstić information content (AvgIpc) is 3.20. The van der Waals surface area contributed by atoms with Crippen LogP contribution in [-0.4, -0.2) is 46.0 Å². The monoisotopic (exact) mass is 316 g/mol. The molecular weight excluding hydrogens is 300 g/mol. The van der Waals surface area contributed by atoms with E-state index in [2.05, 4.69) is 9.88 Å². The number of hydrogen-bond donors (Lipinski definition) is 0. The Hall–Kier alpha value is -0.850. The molecule has 7 heteroatoms. The summed E-state index contributed by atoms with van der Waals surface area (Å²) in [6, 6.07) is 3.55. The smallest absolute Gasteiger partial charge is 0.157 e. The Labute approximate surface area is 123 Å². The quantitative estimate of drug-likeness (QED) is 0.793. The van der Waals surface area contributed by atoms with Crippen molar-refractivity contribution in [2.75, 3.05) is 37.5 Å². The van der Waals surface area contributed by atoms with E-state index >= 15 is 0 Å². The molecule has 0 unspecified atom stereocenters. The first-order valence-corrected chi connectivity index (χ1v) is 8.90. The lowest BCUT2D eigenvalue weighted by Crippen LogP contribution is -2.37. The third kappa shape index (κ3) is 2.40. The average molecular weight is 317 g/mol. The predicted octanol–water partition coefficient (Wildman–Crippen LogP) is 1.61. The van der Waals surface area contributed by atoms with E-state index in [0.29, 0.717) is 31.2 Å². The summed E-state index contributed by atoms with van der Waals surface area (Å²) in [7, 11) is -3.14. The normalized spacial score (nSPS) is 21.8. The molecule has 110 valence electrons. The minimum absolute atomic E-state index is 0.346. The number of pyridine rings is 1. The summed E-state index contributed by atoms with van der Waals surface area (Å²) in [5, 5.41) is 0.346. The molecule has 3 rings (SSSR count). The van der Waals surface area contributed by atoms with E-state index in [1.54, 1.807) is 6.07 Å². The first kappa shape index (κ1) is 14.1. The van der Waals surface area contributed by atoms with Crippen LogP contribution in [0.4, 0.5) is 5.82 Å². The largest absolute Gasteiger partial charge is 0.378 e. The van der Waals surface area contributed by atoms with Gasteiger partial charge in [-0.3, -0.25) is 0 Å². The molecule has 1 aromatic rings. The molecule has 2 heterocycles. The van der Waals surface area contributed by atoms with E-state index in [1.807, 2.05) is 6.07 Å². The molecule has 1 aliphatic heterocycles. The van der Waals surface area contributed by atoms with Crippen molar-refractivity contribution in [3.8, 4) is 0 Å². The van der Waals surface area contributed by atoms with Crippen molar-refractivity contribution in [3.05, 3.63) is 22.8 Å². The van der Waals surface area contributed by atoms with Crippen LogP contribution in [0.15, 0.2) is 12.1 Å². The van der Waals surface area contributed by atoms with Crippen molar-refractivity contribution in [1.82, 2.24) is 4.98 Å². The molecule has 2 fully saturated rings. The lowest BCUT2D eigenvalue weighted by molar-refractivity contribution is 0.122. The number of hydrogen-bond acceptors (Lipinski definition) is 5. The molecule has 1 aliphatic carbocycles. The highest BCUT2D eigenvalue weighted by molar-refractivity contribution is 7.92. The Morgan fingerprint density at radius 1 is 1.30 bits per heavy atom. The third-order valence-corrected chi connectivity index (χ3v) is 6.31. The van der Waals surface area contributed by atoms with Gasteiger partial charge in [0.25, 0.3) is 0 Å². The minimum Gasteiger partial charge on any atom is -0.378 e. The van der Waals surface area contributed by atoms with Crippen LogP contribution >= 0.6 is 11.6 Å². The Kier molecular flexibility index (Phi) is 3.43. The van der Waals surface area contributed by atoms with Gasteiger partial charge in [0.1, 0.15) is 11.0 Å². The van der Waals surface area contributed by atoms with Gasteiger partial charge in [-0.1, -0.05) is 11.6 Å². The Bertz CT molecular complexity index is 623. The Morgan fingerprint density at radius 3 is 2.50 bits per heavy atom. The van der Waals surface area contributed by atoms with Gasteiger partial charge in [0.05, 0.1) is 18.0 Å². The number of sulfone groups is 1. The summed E-state index contributed by atoms with van der Waals surface area (Å²) in [4.78, 5) is 6.40. The number of ether oxygens (including phenoxy) is 1. The maximum atomic E-state index is 12.0. The molecule has 5 nitrogen and oxygen atoms in total. The van der Waals surface area contributed by atoms with Crippen molar-refractivity contribution in [2.24, 2.45) is 0 Å². The molecule has 1 saturated carbocycles. The summed E-state index contributed by atoms with van der Waals surface area (Å²) < 4.78 is 28.6. The molecule has 0 radical (unpaired) electrons. The summed E-state index contributed by atoms with van der Waals surface area (Å²) in [6.07, 6.45) is 2.62. The lowest BCUT2D eigenvalue weighted by Gasteiger charge is -2.28. The molecule has 0 spiro atoms. The predicted molar refractivity (Wildman–Crippen MR) is 78.0 cm³/mol. The van der Waals surface area contributed by atoms with E-state index < -0.39 is 14.6 Å². The molecule has 0 aromatic carbocycles. The molecule has 2 aliphatic rings. The van der Waals surface area contributed by atoms with Crippen LogP contribution in [0.2, 0.25) is 5.15 Å². The van der Waals surface area contributed by atoms with Gasteiger partial charge in [-0.15, -0.1) is 0 Å². The van der Waals surface area contributed by atoms with Gasteiger partial charge in [0, 0.05) is 19.3 Å². The number of morpholine rings is 1. The van der Waals surface area contributed by atoms with Crippen molar-refractivity contribution < 1.29 is 13.2 Å². The topological polar surface area (TPSA) is 59.5 Å². The van der Waals surface area contributed by atoms with Crippen LogP contribution in [-0.2, 0) is 19.3 Å². The fraction of sp³-hybridized carbons (Fsp3) is 0.615. The van der Waals surface area contributed by atoms with Gasteiger partial charge in [0.2, 0.25) is 0 Å². The highest BCUT2D eigenvalue weighted by Crippen LogP contribution is 2.53. The molecule has 20 heavy (non-hydrogen) atoms. The van der Waals surface area contributed by atoms with Crippen molar-refractivity contribution in [1.29, 1.82) is 0 Å². The maximum absolute atomic E-state index is 12.0. The zero-order valence-electron chi connectivity index (χ0n) is 11.3. The number of rotatable bonds is 3. The number of halogens is 1. The fourth-order valence-electron chi connectivity index (χ4n) is 2.69. The Morgan fingerprint density at radius 2 is 1.95 bits per heavy atom. The van der Waals surface area contributed by atoms with Gasteiger partial charge >= 0.3 is 0 Å². The summed E-state index contributed by atoms with van der Waals surface area (Å²) in [6.45, 7) is 2.80. The summed E-state index contributed by atoms with van der Waals surface area (Å²) >= 11 is 6.09. The fourth-order valence-corrected chi connectivity index (χ4v) is 4.28. The zero-order valence-corrected chi connectivity index (χ0v) is 12.9. The van der Waals surface area contributed by atoms with E-state index in [0.717, 1.165) is 24.5 Å². The van der Waals surface area contributed by atoms with E-state index in [-0.39, 0.29) is 0 Å². The molecular formula is C13H17ClN2O3S. The second-order valence-electron chi connectivity index (χ2n) is 5.40. The maximum Gasteiger partial charge on any atom is 0.157 e. The van der Waals surface area contributed by atoms with Crippen LogP contribution in [0.1, 0.15) is 18.4 Å². The third-order valence-electron chi connectivity index (χ3n) is 4.06. The summed E-state index contributed by atoms with van der Waals surface area (Å²) in [5.41, 5.74) is 0.765.